The van der Waals surface area contributed by atoms with E-state index in [1.54, 1.807) is 25.6 Å². The van der Waals surface area contributed by atoms with Gasteiger partial charge in [0.1, 0.15) is 5.01 Å². The second kappa shape index (κ2) is 9.45. The first-order valence-corrected chi connectivity index (χ1v) is 11.0. The van der Waals surface area contributed by atoms with Gasteiger partial charge in [0.25, 0.3) is 0 Å². The molecular weight excluding hydrogens is 398 g/mol. The van der Waals surface area contributed by atoms with Crippen molar-refractivity contribution in [3.63, 3.8) is 0 Å². The van der Waals surface area contributed by atoms with Crippen LogP contribution in [0.15, 0.2) is 42.5 Å². The minimum Gasteiger partial charge on any atom is -0.493 e. The van der Waals surface area contributed by atoms with Gasteiger partial charge >= 0.3 is 0 Å². The zero-order valence-corrected chi connectivity index (χ0v) is 18.3. The number of methoxy groups -OCH3 is 2. The topological polar surface area (TPSA) is 54.9 Å². The number of rotatable bonds is 7. The number of carbonyl (C=O) groups excluding carboxylic acids is 1. The standard InChI is InChI=1S/C23H27N3O3S/c1-28-19-9-7-17(15-20(19)29-2)8-10-23(27)26-13-11-25(12-14-26)16-22-24-18-5-3-4-6-21(18)30-22/h3-7,9,15H,8,10-14,16H2,1-2H3. The molecule has 1 aliphatic heterocycles. The Hall–Kier alpha value is -2.64. The van der Waals surface area contributed by atoms with Crippen LogP contribution in [0.5, 0.6) is 11.5 Å². The van der Waals surface area contributed by atoms with Crippen molar-refractivity contribution in [1.29, 1.82) is 0 Å². The molecule has 158 valence electrons. The summed E-state index contributed by atoms with van der Waals surface area (Å²) in [5.41, 5.74) is 2.15. The van der Waals surface area contributed by atoms with Crippen LogP contribution in [0, 0.1) is 0 Å². The minimum absolute atomic E-state index is 0.212. The highest BCUT2D eigenvalue weighted by atomic mass is 32.1. The van der Waals surface area contributed by atoms with Crippen LogP contribution in [-0.2, 0) is 17.8 Å². The van der Waals surface area contributed by atoms with E-state index in [1.807, 2.05) is 29.2 Å². The summed E-state index contributed by atoms with van der Waals surface area (Å²) >= 11 is 1.76. The van der Waals surface area contributed by atoms with Gasteiger partial charge in [0.15, 0.2) is 11.5 Å². The molecule has 4 rings (SSSR count). The van der Waals surface area contributed by atoms with Crippen molar-refractivity contribution in [2.24, 2.45) is 0 Å². The van der Waals surface area contributed by atoms with Gasteiger partial charge in [0.2, 0.25) is 5.91 Å². The van der Waals surface area contributed by atoms with Crippen LogP contribution in [0.1, 0.15) is 17.0 Å². The molecule has 7 heteroatoms. The number of amides is 1. The third-order valence-corrected chi connectivity index (χ3v) is 6.52. The molecule has 1 fully saturated rings. The van der Waals surface area contributed by atoms with Crippen molar-refractivity contribution in [3.8, 4) is 11.5 Å². The van der Waals surface area contributed by atoms with Gasteiger partial charge in [-0.25, -0.2) is 4.98 Å². The molecule has 1 amide bonds. The van der Waals surface area contributed by atoms with Crippen molar-refractivity contribution in [2.75, 3.05) is 40.4 Å². The smallest absolute Gasteiger partial charge is 0.222 e. The highest BCUT2D eigenvalue weighted by molar-refractivity contribution is 7.18. The van der Waals surface area contributed by atoms with E-state index in [0.29, 0.717) is 24.3 Å². The molecule has 1 aromatic heterocycles. The van der Waals surface area contributed by atoms with Crippen molar-refractivity contribution in [2.45, 2.75) is 19.4 Å². The van der Waals surface area contributed by atoms with Crippen LogP contribution in [-0.4, -0.2) is 61.1 Å². The summed E-state index contributed by atoms with van der Waals surface area (Å²) < 4.78 is 11.9. The van der Waals surface area contributed by atoms with Gasteiger partial charge in [-0.2, -0.15) is 0 Å². The third kappa shape index (κ3) is 4.74. The summed E-state index contributed by atoms with van der Waals surface area (Å²) in [6.07, 6.45) is 1.21. The number of carbonyl (C=O) groups is 1. The largest absolute Gasteiger partial charge is 0.493 e. The molecular formula is C23H27N3O3S. The van der Waals surface area contributed by atoms with E-state index in [2.05, 4.69) is 23.1 Å². The van der Waals surface area contributed by atoms with Crippen LogP contribution < -0.4 is 9.47 Å². The lowest BCUT2D eigenvalue weighted by molar-refractivity contribution is -0.133. The molecule has 0 N–H and O–H groups in total. The number of hydrogen-bond donors (Lipinski definition) is 0. The number of nitrogens with zero attached hydrogens (tertiary/aromatic N) is 3. The Morgan fingerprint density at radius 3 is 2.53 bits per heavy atom. The fourth-order valence-corrected chi connectivity index (χ4v) is 4.79. The molecule has 0 aliphatic carbocycles. The van der Waals surface area contributed by atoms with E-state index in [4.69, 9.17) is 14.5 Å². The summed E-state index contributed by atoms with van der Waals surface area (Å²) in [5.74, 6) is 1.62. The summed E-state index contributed by atoms with van der Waals surface area (Å²) in [5, 5.41) is 1.14. The molecule has 0 radical (unpaired) electrons. The van der Waals surface area contributed by atoms with Gasteiger partial charge < -0.3 is 14.4 Å². The summed E-state index contributed by atoms with van der Waals surface area (Å²) in [4.78, 5) is 21.8. The predicted octanol–water partition coefficient (Wildman–Crippen LogP) is 3.59. The molecule has 6 nitrogen and oxygen atoms in total. The van der Waals surface area contributed by atoms with Gasteiger partial charge in [0, 0.05) is 32.6 Å². The highest BCUT2D eigenvalue weighted by Gasteiger charge is 2.22. The van der Waals surface area contributed by atoms with Crippen LogP contribution in [0.25, 0.3) is 10.2 Å². The van der Waals surface area contributed by atoms with Crippen LogP contribution in [0.4, 0.5) is 0 Å². The van der Waals surface area contributed by atoms with E-state index >= 15 is 0 Å². The summed E-state index contributed by atoms with van der Waals surface area (Å²) in [6.45, 7) is 4.17. The average Bonchev–Trinajstić information content (AvgIpc) is 3.20. The number of aromatic nitrogens is 1. The van der Waals surface area contributed by atoms with Crippen molar-refractivity contribution in [1.82, 2.24) is 14.8 Å². The molecule has 1 aliphatic rings. The highest BCUT2D eigenvalue weighted by Crippen LogP contribution is 2.28. The number of fused-ring (bicyclic) bond motifs is 1. The monoisotopic (exact) mass is 425 g/mol. The summed E-state index contributed by atoms with van der Waals surface area (Å²) in [6, 6.07) is 14.1. The maximum Gasteiger partial charge on any atom is 0.222 e. The molecule has 2 heterocycles. The van der Waals surface area contributed by atoms with E-state index in [9.17, 15) is 4.79 Å². The number of hydrogen-bond acceptors (Lipinski definition) is 6. The number of piperazine rings is 1. The second-order valence-electron chi connectivity index (χ2n) is 7.42. The maximum atomic E-state index is 12.7. The predicted molar refractivity (Wildman–Crippen MR) is 119 cm³/mol. The molecule has 3 aromatic rings. The molecule has 2 aromatic carbocycles. The van der Waals surface area contributed by atoms with E-state index in [1.165, 1.54) is 4.70 Å². The molecule has 30 heavy (non-hydrogen) atoms. The van der Waals surface area contributed by atoms with Crippen LogP contribution >= 0.6 is 11.3 Å². The Kier molecular flexibility index (Phi) is 6.50. The van der Waals surface area contributed by atoms with Gasteiger partial charge in [0.05, 0.1) is 31.0 Å². The van der Waals surface area contributed by atoms with Crippen molar-refractivity contribution in [3.05, 3.63) is 53.0 Å². The van der Waals surface area contributed by atoms with E-state index in [0.717, 1.165) is 48.8 Å². The Labute approximate surface area is 181 Å². The first kappa shape index (κ1) is 20.6. The van der Waals surface area contributed by atoms with Crippen LogP contribution in [0.2, 0.25) is 0 Å². The normalized spacial score (nSPS) is 14.8. The second-order valence-corrected chi connectivity index (χ2v) is 8.54. The number of para-hydroxylation sites is 1. The average molecular weight is 426 g/mol. The lowest BCUT2D eigenvalue weighted by Gasteiger charge is -2.34. The van der Waals surface area contributed by atoms with Crippen molar-refractivity contribution < 1.29 is 14.3 Å². The Morgan fingerprint density at radius 2 is 1.80 bits per heavy atom. The van der Waals surface area contributed by atoms with Gasteiger partial charge in [-0.1, -0.05) is 18.2 Å². The fraction of sp³-hybridized carbons (Fsp3) is 0.391. The zero-order valence-electron chi connectivity index (χ0n) is 17.5. The van der Waals surface area contributed by atoms with E-state index in [-0.39, 0.29) is 5.91 Å². The van der Waals surface area contributed by atoms with Crippen molar-refractivity contribution >= 4 is 27.5 Å². The van der Waals surface area contributed by atoms with E-state index < -0.39 is 0 Å². The first-order chi connectivity index (χ1) is 14.7. The van der Waals surface area contributed by atoms with Gasteiger partial charge in [-0.15, -0.1) is 11.3 Å². The lowest BCUT2D eigenvalue weighted by atomic mass is 10.1. The van der Waals surface area contributed by atoms with Crippen LogP contribution in [0.3, 0.4) is 0 Å². The molecule has 1 saturated heterocycles. The third-order valence-electron chi connectivity index (χ3n) is 5.50. The lowest BCUT2D eigenvalue weighted by Crippen LogP contribution is -2.48. The Bertz CT molecular complexity index is 979. The zero-order chi connectivity index (χ0) is 20.9. The van der Waals surface area contributed by atoms with Gasteiger partial charge in [-0.05, 0) is 36.2 Å². The summed E-state index contributed by atoms with van der Waals surface area (Å²) in [7, 11) is 3.25. The first-order valence-electron chi connectivity index (χ1n) is 10.2. The Morgan fingerprint density at radius 1 is 1.03 bits per heavy atom. The number of benzene rings is 2. The minimum atomic E-state index is 0.212. The molecule has 0 atom stereocenters. The molecule has 0 bridgehead atoms. The Balaban J connectivity index is 1.26. The maximum absolute atomic E-state index is 12.7. The number of thiazole rings is 1. The van der Waals surface area contributed by atoms with Gasteiger partial charge in [-0.3, -0.25) is 9.69 Å². The molecule has 0 spiro atoms. The molecule has 0 unspecified atom stereocenters. The fourth-order valence-electron chi connectivity index (χ4n) is 3.78. The molecule has 0 saturated carbocycles. The SMILES string of the molecule is COc1ccc(CCC(=O)N2CCN(Cc3nc4ccccc4s3)CC2)cc1OC. The number of aryl methyl sites for hydroxylation is 1. The number of ether oxygens (including phenoxy) is 2. The quantitative estimate of drug-likeness (QED) is 0.579.